The minimum absolute atomic E-state index is 0.128. The van der Waals surface area contributed by atoms with E-state index in [1.807, 2.05) is 18.2 Å². The van der Waals surface area contributed by atoms with Crippen LogP contribution in [0.5, 0.6) is 5.75 Å². The number of aryl methyl sites for hydroxylation is 1. The number of rotatable bonds is 9. The number of hydrogen-bond acceptors (Lipinski definition) is 2. The van der Waals surface area contributed by atoms with Crippen LogP contribution < -0.4 is 5.73 Å². The van der Waals surface area contributed by atoms with E-state index in [1.54, 1.807) is 12.1 Å². The van der Waals surface area contributed by atoms with Gasteiger partial charge in [0, 0.05) is 5.92 Å². The fourth-order valence-corrected chi connectivity index (χ4v) is 2.80. The Morgan fingerprint density at radius 1 is 0.913 bits per heavy atom. The van der Waals surface area contributed by atoms with E-state index in [9.17, 15) is 9.90 Å². The SMILES string of the molecule is NC(=O)C(CCCCCc1ccccc1)Cc1ccc(O)cc1. The Bertz CT molecular complexity index is 593. The summed E-state index contributed by atoms with van der Waals surface area (Å²) in [5.41, 5.74) is 7.93. The Kier molecular flexibility index (Phi) is 6.67. The molecule has 23 heavy (non-hydrogen) atoms. The Hall–Kier alpha value is -2.29. The Morgan fingerprint density at radius 3 is 2.26 bits per heavy atom. The van der Waals surface area contributed by atoms with Gasteiger partial charge in [-0.3, -0.25) is 4.79 Å². The molecule has 3 heteroatoms. The number of amides is 1. The first-order chi connectivity index (χ1) is 11.1. The van der Waals surface area contributed by atoms with Gasteiger partial charge in [-0.25, -0.2) is 0 Å². The summed E-state index contributed by atoms with van der Waals surface area (Å²) >= 11 is 0. The highest BCUT2D eigenvalue weighted by molar-refractivity contribution is 5.76. The van der Waals surface area contributed by atoms with Gasteiger partial charge in [-0.15, -0.1) is 0 Å². The third-order valence-electron chi connectivity index (χ3n) is 4.18. The third-order valence-corrected chi connectivity index (χ3v) is 4.18. The fraction of sp³-hybridized carbons (Fsp3) is 0.350. The minimum atomic E-state index is -0.235. The normalized spacial score (nSPS) is 12.0. The zero-order chi connectivity index (χ0) is 16.5. The van der Waals surface area contributed by atoms with Gasteiger partial charge in [0.1, 0.15) is 5.75 Å². The van der Waals surface area contributed by atoms with Gasteiger partial charge in [0.25, 0.3) is 0 Å². The highest BCUT2D eigenvalue weighted by atomic mass is 16.3. The Morgan fingerprint density at radius 2 is 1.61 bits per heavy atom. The lowest BCUT2D eigenvalue weighted by molar-refractivity contribution is -0.122. The second-order valence-electron chi connectivity index (χ2n) is 6.05. The maximum absolute atomic E-state index is 11.6. The van der Waals surface area contributed by atoms with Gasteiger partial charge in [-0.05, 0) is 48.9 Å². The lowest BCUT2D eigenvalue weighted by Gasteiger charge is -2.13. The maximum atomic E-state index is 11.6. The minimum Gasteiger partial charge on any atom is -0.508 e. The molecule has 2 rings (SSSR count). The molecular formula is C20H25NO2. The zero-order valence-corrected chi connectivity index (χ0v) is 13.4. The van der Waals surface area contributed by atoms with E-state index >= 15 is 0 Å². The molecule has 1 amide bonds. The van der Waals surface area contributed by atoms with E-state index in [2.05, 4.69) is 24.3 Å². The molecule has 0 bridgehead atoms. The topological polar surface area (TPSA) is 63.3 Å². The van der Waals surface area contributed by atoms with Crippen molar-refractivity contribution < 1.29 is 9.90 Å². The van der Waals surface area contributed by atoms with E-state index in [4.69, 9.17) is 5.73 Å². The molecule has 0 saturated heterocycles. The number of phenols is 1. The molecule has 122 valence electrons. The summed E-state index contributed by atoms with van der Waals surface area (Å²) in [6, 6.07) is 17.5. The highest BCUT2D eigenvalue weighted by Crippen LogP contribution is 2.18. The van der Waals surface area contributed by atoms with Crippen molar-refractivity contribution in [1.29, 1.82) is 0 Å². The van der Waals surface area contributed by atoms with Crippen LogP contribution in [0.3, 0.4) is 0 Å². The molecule has 0 heterocycles. The number of benzene rings is 2. The molecule has 2 aromatic rings. The molecule has 1 atom stereocenters. The number of phenolic OH excluding ortho intramolecular Hbond substituents is 1. The molecule has 0 aliphatic heterocycles. The standard InChI is InChI=1S/C20H25NO2/c21-20(23)18(15-17-11-13-19(22)14-12-17)10-6-2-5-9-16-7-3-1-4-8-16/h1,3-4,7-8,11-14,18,22H,2,5-6,9-10,15H2,(H2,21,23). The summed E-state index contributed by atoms with van der Waals surface area (Å²) in [4.78, 5) is 11.6. The summed E-state index contributed by atoms with van der Waals surface area (Å²) in [6.45, 7) is 0. The predicted molar refractivity (Wildman–Crippen MR) is 93.1 cm³/mol. The molecule has 0 fully saturated rings. The van der Waals surface area contributed by atoms with Crippen molar-refractivity contribution in [3.63, 3.8) is 0 Å². The van der Waals surface area contributed by atoms with Crippen LogP contribution >= 0.6 is 0 Å². The van der Waals surface area contributed by atoms with Crippen LogP contribution in [0, 0.1) is 5.92 Å². The lowest BCUT2D eigenvalue weighted by atomic mass is 9.92. The monoisotopic (exact) mass is 311 g/mol. The van der Waals surface area contributed by atoms with Crippen LogP contribution in [0.4, 0.5) is 0 Å². The van der Waals surface area contributed by atoms with Crippen molar-refractivity contribution in [3.05, 3.63) is 65.7 Å². The molecule has 0 saturated carbocycles. The second-order valence-corrected chi connectivity index (χ2v) is 6.05. The first-order valence-corrected chi connectivity index (χ1v) is 8.26. The van der Waals surface area contributed by atoms with Crippen LogP contribution in [0.1, 0.15) is 36.8 Å². The number of aromatic hydroxyl groups is 1. The maximum Gasteiger partial charge on any atom is 0.220 e. The predicted octanol–water partition coefficient (Wildman–Crippen LogP) is 3.84. The van der Waals surface area contributed by atoms with Crippen LogP contribution in [-0.2, 0) is 17.6 Å². The van der Waals surface area contributed by atoms with Crippen molar-refractivity contribution in [1.82, 2.24) is 0 Å². The molecule has 3 nitrogen and oxygen atoms in total. The van der Waals surface area contributed by atoms with Crippen molar-refractivity contribution in [3.8, 4) is 5.75 Å². The largest absolute Gasteiger partial charge is 0.508 e. The number of carbonyl (C=O) groups excluding carboxylic acids is 1. The van der Waals surface area contributed by atoms with Gasteiger partial charge in [0.05, 0.1) is 0 Å². The van der Waals surface area contributed by atoms with Crippen molar-refractivity contribution in [2.75, 3.05) is 0 Å². The van der Waals surface area contributed by atoms with Gasteiger partial charge in [0.2, 0.25) is 5.91 Å². The summed E-state index contributed by atoms with van der Waals surface area (Å²) in [7, 11) is 0. The number of carbonyl (C=O) groups is 1. The van der Waals surface area contributed by atoms with Gasteiger partial charge in [-0.2, -0.15) is 0 Å². The van der Waals surface area contributed by atoms with E-state index in [0.717, 1.165) is 37.7 Å². The van der Waals surface area contributed by atoms with Crippen LogP contribution in [0.25, 0.3) is 0 Å². The molecule has 1 unspecified atom stereocenters. The summed E-state index contributed by atoms with van der Waals surface area (Å²) in [5.74, 6) is -0.123. The molecule has 3 N–H and O–H groups in total. The smallest absolute Gasteiger partial charge is 0.220 e. The van der Waals surface area contributed by atoms with E-state index in [0.29, 0.717) is 6.42 Å². The zero-order valence-electron chi connectivity index (χ0n) is 13.4. The molecule has 0 aliphatic carbocycles. The summed E-state index contributed by atoms with van der Waals surface area (Å²) in [6.07, 6.45) is 5.81. The van der Waals surface area contributed by atoms with Gasteiger partial charge in [-0.1, -0.05) is 55.3 Å². The molecule has 0 spiro atoms. The molecular weight excluding hydrogens is 286 g/mol. The molecule has 0 aliphatic rings. The first-order valence-electron chi connectivity index (χ1n) is 8.26. The second kappa shape index (κ2) is 8.99. The summed E-state index contributed by atoms with van der Waals surface area (Å²) in [5, 5.41) is 9.30. The summed E-state index contributed by atoms with van der Waals surface area (Å²) < 4.78 is 0. The fourth-order valence-electron chi connectivity index (χ4n) is 2.80. The lowest BCUT2D eigenvalue weighted by Crippen LogP contribution is -2.25. The number of primary amides is 1. The average molecular weight is 311 g/mol. The van der Waals surface area contributed by atoms with Crippen LogP contribution in [0.2, 0.25) is 0 Å². The van der Waals surface area contributed by atoms with Gasteiger partial charge >= 0.3 is 0 Å². The van der Waals surface area contributed by atoms with Crippen LogP contribution in [-0.4, -0.2) is 11.0 Å². The van der Waals surface area contributed by atoms with Crippen molar-refractivity contribution in [2.24, 2.45) is 11.7 Å². The molecule has 0 radical (unpaired) electrons. The third kappa shape index (κ3) is 6.15. The molecule has 0 aromatic heterocycles. The Balaban J connectivity index is 1.72. The number of unbranched alkanes of at least 4 members (excludes halogenated alkanes) is 2. The Labute approximate surface area is 138 Å². The number of hydrogen-bond donors (Lipinski definition) is 2. The highest BCUT2D eigenvalue weighted by Gasteiger charge is 2.15. The van der Waals surface area contributed by atoms with Gasteiger partial charge < -0.3 is 10.8 Å². The first kappa shape index (κ1) is 17.1. The van der Waals surface area contributed by atoms with Crippen LogP contribution in [0.15, 0.2) is 54.6 Å². The average Bonchev–Trinajstić information content (AvgIpc) is 2.56. The number of nitrogens with two attached hydrogens (primary N) is 1. The molecule has 2 aromatic carbocycles. The van der Waals surface area contributed by atoms with Gasteiger partial charge in [0.15, 0.2) is 0 Å². The van der Waals surface area contributed by atoms with E-state index in [1.165, 1.54) is 5.56 Å². The quantitative estimate of drug-likeness (QED) is 0.691. The van der Waals surface area contributed by atoms with Crippen molar-refractivity contribution in [2.45, 2.75) is 38.5 Å². The van der Waals surface area contributed by atoms with Crippen molar-refractivity contribution >= 4 is 5.91 Å². The van der Waals surface area contributed by atoms with E-state index in [-0.39, 0.29) is 17.6 Å². The van der Waals surface area contributed by atoms with E-state index < -0.39 is 0 Å².